The molecule has 1 unspecified atom stereocenters. The standard InChI is InChI=1S/C11H14ClNO3S2/c1-7-3-4-13(5-7)10(14)9-6-17-11(8(9)2)18(12,15)16/h6-7H,3-5H2,1-2H3. The molecule has 0 saturated carbocycles. The van der Waals surface area contributed by atoms with Crippen molar-refractivity contribution in [2.24, 2.45) is 5.92 Å². The van der Waals surface area contributed by atoms with Crippen LogP contribution in [0.25, 0.3) is 0 Å². The van der Waals surface area contributed by atoms with Crippen molar-refractivity contribution in [2.75, 3.05) is 13.1 Å². The van der Waals surface area contributed by atoms with E-state index in [0.29, 0.717) is 17.0 Å². The summed E-state index contributed by atoms with van der Waals surface area (Å²) in [5, 5.41) is 1.58. The normalized spacial score (nSPS) is 20.4. The first-order valence-electron chi connectivity index (χ1n) is 5.62. The highest BCUT2D eigenvalue weighted by atomic mass is 35.7. The van der Waals surface area contributed by atoms with Crippen LogP contribution >= 0.6 is 22.0 Å². The van der Waals surface area contributed by atoms with Gasteiger partial charge in [-0.05, 0) is 24.8 Å². The van der Waals surface area contributed by atoms with Gasteiger partial charge in [-0.3, -0.25) is 4.79 Å². The Hall–Kier alpha value is -0.590. The summed E-state index contributed by atoms with van der Waals surface area (Å²) in [7, 11) is 1.56. The van der Waals surface area contributed by atoms with Gasteiger partial charge in [-0.2, -0.15) is 0 Å². The molecule has 18 heavy (non-hydrogen) atoms. The predicted octanol–water partition coefficient (Wildman–Crippen LogP) is 2.47. The van der Waals surface area contributed by atoms with Crippen molar-refractivity contribution >= 4 is 37.0 Å². The Bertz CT molecular complexity index is 579. The molecule has 1 amide bonds. The van der Waals surface area contributed by atoms with Gasteiger partial charge in [0.25, 0.3) is 15.0 Å². The van der Waals surface area contributed by atoms with Gasteiger partial charge in [-0.15, -0.1) is 11.3 Å². The number of carbonyl (C=O) groups is 1. The van der Waals surface area contributed by atoms with Crippen molar-refractivity contribution in [1.82, 2.24) is 4.90 Å². The number of hydrogen-bond donors (Lipinski definition) is 0. The zero-order valence-corrected chi connectivity index (χ0v) is 12.5. The van der Waals surface area contributed by atoms with E-state index >= 15 is 0 Å². The van der Waals surface area contributed by atoms with Gasteiger partial charge in [0.1, 0.15) is 4.21 Å². The summed E-state index contributed by atoms with van der Waals surface area (Å²) in [6.45, 7) is 5.19. The van der Waals surface area contributed by atoms with Crippen LogP contribution < -0.4 is 0 Å². The Kier molecular flexibility index (Phi) is 3.71. The average molecular weight is 308 g/mol. The molecule has 0 N–H and O–H groups in total. The Morgan fingerprint density at radius 1 is 1.56 bits per heavy atom. The number of likely N-dealkylation sites (tertiary alicyclic amines) is 1. The maximum absolute atomic E-state index is 12.2. The van der Waals surface area contributed by atoms with Gasteiger partial charge in [0, 0.05) is 29.2 Å². The van der Waals surface area contributed by atoms with Crippen LogP contribution in [0.2, 0.25) is 0 Å². The van der Waals surface area contributed by atoms with Crippen LogP contribution in [0, 0.1) is 12.8 Å². The Balaban J connectivity index is 2.30. The molecule has 0 aromatic carbocycles. The molecule has 1 atom stereocenters. The molecule has 1 aliphatic rings. The fraction of sp³-hybridized carbons (Fsp3) is 0.545. The molecule has 0 radical (unpaired) electrons. The van der Waals surface area contributed by atoms with Gasteiger partial charge in [-0.1, -0.05) is 6.92 Å². The second kappa shape index (κ2) is 4.83. The van der Waals surface area contributed by atoms with Crippen LogP contribution in [0.15, 0.2) is 9.59 Å². The summed E-state index contributed by atoms with van der Waals surface area (Å²) in [4.78, 5) is 14.0. The first-order chi connectivity index (χ1) is 8.30. The van der Waals surface area contributed by atoms with Crippen LogP contribution in [0.1, 0.15) is 29.3 Å². The first kappa shape index (κ1) is 13.8. The fourth-order valence-corrected chi connectivity index (χ4v) is 4.68. The SMILES string of the molecule is Cc1c(C(=O)N2CCC(C)C2)csc1S(=O)(=O)Cl. The molecule has 100 valence electrons. The zero-order valence-electron chi connectivity index (χ0n) is 10.1. The summed E-state index contributed by atoms with van der Waals surface area (Å²) in [5.74, 6) is 0.406. The van der Waals surface area contributed by atoms with Gasteiger partial charge in [-0.25, -0.2) is 8.42 Å². The summed E-state index contributed by atoms with van der Waals surface area (Å²) in [6, 6.07) is 0. The van der Waals surface area contributed by atoms with Gasteiger partial charge >= 0.3 is 0 Å². The van der Waals surface area contributed by atoms with Crippen molar-refractivity contribution in [1.29, 1.82) is 0 Å². The molecule has 0 spiro atoms. The molecular weight excluding hydrogens is 294 g/mol. The second-order valence-electron chi connectivity index (χ2n) is 4.64. The lowest BCUT2D eigenvalue weighted by Gasteiger charge is -2.15. The van der Waals surface area contributed by atoms with E-state index in [1.165, 1.54) is 0 Å². The number of halogens is 1. The van der Waals surface area contributed by atoms with E-state index in [1.807, 2.05) is 0 Å². The number of rotatable bonds is 2. The smallest absolute Gasteiger partial charge is 0.271 e. The third-order valence-corrected chi connectivity index (χ3v) is 6.46. The molecule has 1 aromatic rings. The lowest BCUT2D eigenvalue weighted by Crippen LogP contribution is -2.28. The van der Waals surface area contributed by atoms with Gasteiger partial charge in [0.2, 0.25) is 0 Å². The van der Waals surface area contributed by atoms with Crippen molar-refractivity contribution in [2.45, 2.75) is 24.5 Å². The molecule has 1 fully saturated rings. The molecular formula is C11H14ClNO3S2. The summed E-state index contributed by atoms with van der Waals surface area (Å²) in [6.07, 6.45) is 0.996. The van der Waals surface area contributed by atoms with E-state index in [9.17, 15) is 13.2 Å². The minimum atomic E-state index is -3.76. The summed E-state index contributed by atoms with van der Waals surface area (Å²) < 4.78 is 22.7. The van der Waals surface area contributed by atoms with E-state index in [0.717, 1.165) is 30.8 Å². The highest BCUT2D eigenvalue weighted by Crippen LogP contribution is 2.31. The molecule has 4 nitrogen and oxygen atoms in total. The lowest BCUT2D eigenvalue weighted by atomic mass is 10.2. The Labute approximate surface area is 115 Å². The third-order valence-electron chi connectivity index (χ3n) is 3.16. The van der Waals surface area contributed by atoms with E-state index in [4.69, 9.17) is 10.7 Å². The highest BCUT2D eigenvalue weighted by Gasteiger charge is 2.28. The second-order valence-corrected chi connectivity index (χ2v) is 8.29. The van der Waals surface area contributed by atoms with Crippen molar-refractivity contribution in [3.8, 4) is 0 Å². The molecule has 1 saturated heterocycles. The number of hydrogen-bond acceptors (Lipinski definition) is 4. The van der Waals surface area contributed by atoms with Crippen LogP contribution in [-0.4, -0.2) is 32.3 Å². The van der Waals surface area contributed by atoms with Crippen LogP contribution in [0.5, 0.6) is 0 Å². The van der Waals surface area contributed by atoms with Crippen LogP contribution in [0.3, 0.4) is 0 Å². The van der Waals surface area contributed by atoms with Crippen molar-refractivity contribution in [3.05, 3.63) is 16.5 Å². The lowest BCUT2D eigenvalue weighted by molar-refractivity contribution is 0.0788. The van der Waals surface area contributed by atoms with E-state index in [1.54, 1.807) is 17.2 Å². The molecule has 2 heterocycles. The van der Waals surface area contributed by atoms with E-state index < -0.39 is 9.05 Å². The molecule has 0 aliphatic carbocycles. The monoisotopic (exact) mass is 307 g/mol. The number of amides is 1. The highest BCUT2D eigenvalue weighted by molar-refractivity contribution is 8.15. The van der Waals surface area contributed by atoms with Crippen LogP contribution in [-0.2, 0) is 9.05 Å². The molecule has 1 aromatic heterocycles. The predicted molar refractivity (Wildman–Crippen MR) is 71.8 cm³/mol. The minimum Gasteiger partial charge on any atom is -0.338 e. The Morgan fingerprint density at radius 3 is 2.67 bits per heavy atom. The number of carbonyl (C=O) groups excluding carboxylic acids is 1. The molecule has 1 aliphatic heterocycles. The molecule has 0 bridgehead atoms. The van der Waals surface area contributed by atoms with Gasteiger partial charge in [0.15, 0.2) is 0 Å². The first-order valence-corrected chi connectivity index (χ1v) is 8.81. The third kappa shape index (κ3) is 2.55. The maximum Gasteiger partial charge on any atom is 0.271 e. The Morgan fingerprint density at radius 2 is 2.22 bits per heavy atom. The molecule has 2 rings (SSSR count). The maximum atomic E-state index is 12.2. The van der Waals surface area contributed by atoms with Gasteiger partial charge in [0.05, 0.1) is 5.56 Å². The van der Waals surface area contributed by atoms with E-state index in [2.05, 4.69) is 6.92 Å². The number of thiophene rings is 1. The fourth-order valence-electron chi connectivity index (χ4n) is 2.14. The summed E-state index contributed by atoms with van der Waals surface area (Å²) in [5.41, 5.74) is 0.910. The van der Waals surface area contributed by atoms with Crippen LogP contribution in [0.4, 0.5) is 0 Å². The largest absolute Gasteiger partial charge is 0.338 e. The van der Waals surface area contributed by atoms with Crippen molar-refractivity contribution < 1.29 is 13.2 Å². The van der Waals surface area contributed by atoms with E-state index in [-0.39, 0.29) is 10.1 Å². The average Bonchev–Trinajstić information content (AvgIpc) is 2.82. The topological polar surface area (TPSA) is 54.5 Å². The number of nitrogens with zero attached hydrogens (tertiary/aromatic N) is 1. The minimum absolute atomic E-state index is 0.0692. The zero-order chi connectivity index (χ0) is 13.5. The van der Waals surface area contributed by atoms with Gasteiger partial charge < -0.3 is 4.90 Å². The molecule has 7 heteroatoms. The van der Waals surface area contributed by atoms with Crippen molar-refractivity contribution in [3.63, 3.8) is 0 Å². The quantitative estimate of drug-likeness (QED) is 0.789. The summed E-state index contributed by atoms with van der Waals surface area (Å²) >= 11 is 1.00.